The van der Waals surface area contributed by atoms with Crippen LogP contribution in [0.1, 0.15) is 26.3 Å². The van der Waals surface area contributed by atoms with E-state index in [1.165, 1.54) is 29.5 Å². The number of fused-ring (bicyclic) bond motifs is 1. The van der Waals surface area contributed by atoms with Gasteiger partial charge in [-0.3, -0.25) is 20.2 Å². The van der Waals surface area contributed by atoms with Crippen molar-refractivity contribution in [2.75, 3.05) is 31.5 Å². The van der Waals surface area contributed by atoms with Crippen LogP contribution in [-0.2, 0) is 11.3 Å². The number of anilines is 1. The number of benzene rings is 2. The summed E-state index contributed by atoms with van der Waals surface area (Å²) >= 11 is 1.46. The minimum Gasteiger partial charge on any atom is -0.453 e. The van der Waals surface area contributed by atoms with Crippen molar-refractivity contribution in [1.82, 2.24) is 19.8 Å². The van der Waals surface area contributed by atoms with Crippen LogP contribution in [0.25, 0.3) is 20.8 Å². The highest BCUT2D eigenvalue weighted by Gasteiger charge is 2.26. The Morgan fingerprint density at radius 3 is 2.43 bits per heavy atom. The molecule has 47 heavy (non-hydrogen) atoms. The minimum absolute atomic E-state index is 0.00355. The first kappa shape index (κ1) is 31.9. The van der Waals surface area contributed by atoms with Crippen molar-refractivity contribution >= 4 is 39.4 Å². The summed E-state index contributed by atoms with van der Waals surface area (Å²) in [5, 5.41) is 2.52. The number of ether oxygens (including phenoxy) is 3. The number of aromatic nitrogens is 2. The number of para-hydroxylation sites is 1. The normalized spacial score (nSPS) is 13.7. The van der Waals surface area contributed by atoms with Gasteiger partial charge in [-0.15, -0.1) is 11.3 Å². The Bertz CT molecular complexity index is 1870. The van der Waals surface area contributed by atoms with Crippen LogP contribution in [0.3, 0.4) is 0 Å². The molecule has 0 atom stereocenters. The van der Waals surface area contributed by atoms with Gasteiger partial charge in [-0.25, -0.2) is 14.0 Å². The Morgan fingerprint density at radius 2 is 1.72 bits per heavy atom. The highest BCUT2D eigenvalue weighted by Crippen LogP contribution is 2.39. The first-order valence-electron chi connectivity index (χ1n) is 15.1. The number of nitrogens with zero attached hydrogens (tertiary/aromatic N) is 4. The molecule has 0 aliphatic carbocycles. The average molecular weight is 656 g/mol. The van der Waals surface area contributed by atoms with Crippen molar-refractivity contribution < 1.29 is 28.2 Å². The molecule has 242 valence electrons. The summed E-state index contributed by atoms with van der Waals surface area (Å²) in [6.07, 6.45) is 2.48. The van der Waals surface area contributed by atoms with Crippen LogP contribution in [0.5, 0.6) is 17.2 Å². The lowest BCUT2D eigenvalue weighted by atomic mass is 10.2. The van der Waals surface area contributed by atoms with Gasteiger partial charge in [0.25, 0.3) is 0 Å². The largest absolute Gasteiger partial charge is 0.453 e. The Kier molecular flexibility index (Phi) is 9.32. The smallest absolute Gasteiger partial charge is 0.417 e. The molecule has 0 radical (unpaired) electrons. The molecule has 0 unspecified atom stereocenters. The second kappa shape index (κ2) is 13.7. The van der Waals surface area contributed by atoms with Crippen molar-refractivity contribution in [3.8, 4) is 27.8 Å². The monoisotopic (exact) mass is 655 g/mol. The van der Waals surface area contributed by atoms with E-state index in [0.29, 0.717) is 30.1 Å². The Labute approximate surface area is 275 Å². The molecule has 6 rings (SSSR count). The summed E-state index contributed by atoms with van der Waals surface area (Å²) in [5.74, 6) is 0.189. The lowest BCUT2D eigenvalue weighted by Gasteiger charge is -2.35. The van der Waals surface area contributed by atoms with Crippen LogP contribution in [0.2, 0.25) is 0 Å². The predicted molar refractivity (Wildman–Crippen MR) is 178 cm³/mol. The fourth-order valence-corrected chi connectivity index (χ4v) is 6.02. The van der Waals surface area contributed by atoms with E-state index in [9.17, 15) is 9.59 Å². The quantitative estimate of drug-likeness (QED) is 0.188. The SMILES string of the molecule is CC(C)(C)OC(=O)N1CCN(Cc2ccc(-c3cc4nccc(Oc5ccc(NC(=O)Oc6ccccc6)cc5F)c4s3)nc2)CC1. The second-order valence-electron chi connectivity index (χ2n) is 12.0. The number of carbonyl (C=O) groups is 2. The third kappa shape index (κ3) is 8.21. The third-order valence-corrected chi connectivity index (χ3v) is 8.40. The number of hydrogen-bond donors (Lipinski definition) is 1. The van der Waals surface area contributed by atoms with Gasteiger partial charge in [-0.1, -0.05) is 24.3 Å². The molecule has 1 saturated heterocycles. The van der Waals surface area contributed by atoms with Crippen LogP contribution in [-0.4, -0.2) is 63.7 Å². The molecule has 1 aliphatic heterocycles. The molecule has 0 bridgehead atoms. The third-order valence-electron chi connectivity index (χ3n) is 7.24. The van der Waals surface area contributed by atoms with Gasteiger partial charge in [0.1, 0.15) is 17.1 Å². The summed E-state index contributed by atoms with van der Waals surface area (Å²) in [4.78, 5) is 38.7. The van der Waals surface area contributed by atoms with E-state index in [2.05, 4.69) is 21.3 Å². The zero-order valence-electron chi connectivity index (χ0n) is 26.2. The van der Waals surface area contributed by atoms with E-state index in [4.69, 9.17) is 19.2 Å². The molecule has 1 aliphatic rings. The summed E-state index contributed by atoms with van der Waals surface area (Å²) in [5.41, 5.74) is 2.29. The first-order chi connectivity index (χ1) is 22.6. The zero-order valence-corrected chi connectivity index (χ0v) is 27.1. The summed E-state index contributed by atoms with van der Waals surface area (Å²) in [7, 11) is 0. The molecule has 10 nitrogen and oxygen atoms in total. The molecule has 2 amide bonds. The fraction of sp³-hybridized carbons (Fsp3) is 0.257. The fourth-order valence-electron chi connectivity index (χ4n) is 4.98. The molecule has 12 heteroatoms. The molecule has 1 N–H and O–H groups in total. The van der Waals surface area contributed by atoms with Gasteiger partial charge in [-0.2, -0.15) is 0 Å². The summed E-state index contributed by atoms with van der Waals surface area (Å²) in [6, 6.07) is 20.4. The molecular weight excluding hydrogens is 621 g/mol. The van der Waals surface area contributed by atoms with E-state index in [1.54, 1.807) is 41.4 Å². The number of rotatable bonds is 7. The maximum absolute atomic E-state index is 15.0. The van der Waals surface area contributed by atoms with Crippen LogP contribution < -0.4 is 14.8 Å². The van der Waals surface area contributed by atoms with Crippen molar-refractivity contribution in [3.05, 3.63) is 96.6 Å². The van der Waals surface area contributed by atoms with Crippen LogP contribution in [0.15, 0.2) is 85.2 Å². The topological polar surface area (TPSA) is 106 Å². The number of hydrogen-bond acceptors (Lipinski definition) is 9. The van der Waals surface area contributed by atoms with Gasteiger partial charge < -0.3 is 19.1 Å². The molecule has 2 aromatic carbocycles. The molecule has 0 saturated carbocycles. The number of halogens is 1. The average Bonchev–Trinajstić information content (AvgIpc) is 3.48. The van der Waals surface area contributed by atoms with Crippen LogP contribution >= 0.6 is 11.3 Å². The molecular formula is C35H34FN5O5S. The predicted octanol–water partition coefficient (Wildman–Crippen LogP) is 7.95. The van der Waals surface area contributed by atoms with E-state index in [0.717, 1.165) is 40.5 Å². The van der Waals surface area contributed by atoms with Gasteiger partial charge in [0.05, 0.1) is 20.8 Å². The van der Waals surface area contributed by atoms with Crippen molar-refractivity contribution in [2.45, 2.75) is 32.9 Å². The molecule has 5 aromatic rings. The van der Waals surface area contributed by atoms with Crippen molar-refractivity contribution in [3.63, 3.8) is 0 Å². The number of piperazine rings is 1. The first-order valence-corrected chi connectivity index (χ1v) is 16.0. The molecule has 3 aromatic heterocycles. The van der Waals surface area contributed by atoms with E-state index in [-0.39, 0.29) is 17.5 Å². The van der Waals surface area contributed by atoms with Gasteiger partial charge in [-0.05, 0) is 62.7 Å². The van der Waals surface area contributed by atoms with Gasteiger partial charge in [0.2, 0.25) is 0 Å². The lowest BCUT2D eigenvalue weighted by Crippen LogP contribution is -2.49. The number of thiophene rings is 1. The number of nitrogens with one attached hydrogen (secondary N) is 1. The molecule has 4 heterocycles. The van der Waals surface area contributed by atoms with Crippen molar-refractivity contribution in [2.24, 2.45) is 0 Å². The number of pyridine rings is 2. The number of amides is 2. The minimum atomic E-state index is -0.731. The number of carbonyl (C=O) groups excluding carboxylic acids is 2. The van der Waals surface area contributed by atoms with E-state index < -0.39 is 17.5 Å². The second-order valence-corrected chi connectivity index (χ2v) is 13.1. The molecule has 0 spiro atoms. The zero-order chi connectivity index (χ0) is 33.0. The Hall–Kier alpha value is -5.07. The van der Waals surface area contributed by atoms with Gasteiger partial charge >= 0.3 is 12.2 Å². The van der Waals surface area contributed by atoms with Crippen LogP contribution in [0.4, 0.5) is 19.7 Å². The Morgan fingerprint density at radius 1 is 0.936 bits per heavy atom. The Balaban J connectivity index is 1.07. The lowest BCUT2D eigenvalue weighted by molar-refractivity contribution is 0.0139. The molecule has 1 fully saturated rings. The highest BCUT2D eigenvalue weighted by atomic mass is 32.1. The van der Waals surface area contributed by atoms with Crippen LogP contribution in [0, 0.1) is 5.82 Å². The van der Waals surface area contributed by atoms with E-state index >= 15 is 4.39 Å². The van der Waals surface area contributed by atoms with Crippen molar-refractivity contribution in [1.29, 1.82) is 0 Å². The maximum atomic E-state index is 15.0. The van der Waals surface area contributed by atoms with Gasteiger partial charge in [0.15, 0.2) is 11.6 Å². The van der Waals surface area contributed by atoms with Gasteiger partial charge in [0, 0.05) is 62.9 Å². The standard InChI is InChI=1S/C35H34FN5O5S/c1-35(2,3)46-34(43)41-17-15-40(16-18-41)22-23-9-11-27(38-21-23)31-20-28-32(47-31)30(13-14-37-28)45-29-12-10-24(19-26(29)36)39-33(42)44-25-7-5-4-6-8-25/h4-14,19-21H,15-18,22H2,1-3H3,(H,39,42). The highest BCUT2D eigenvalue weighted by molar-refractivity contribution is 7.22. The summed E-state index contributed by atoms with van der Waals surface area (Å²) in [6.45, 7) is 9.10. The van der Waals surface area contributed by atoms with E-state index in [1.807, 2.05) is 45.2 Å². The maximum Gasteiger partial charge on any atom is 0.417 e. The summed E-state index contributed by atoms with van der Waals surface area (Å²) < 4.78 is 32.5.